The molecule has 1 unspecified atom stereocenters. The smallest absolute Gasteiger partial charge is 0.327 e. The van der Waals surface area contributed by atoms with E-state index in [2.05, 4.69) is 11.2 Å². The van der Waals surface area contributed by atoms with Crippen LogP contribution >= 0.6 is 11.6 Å². The molecule has 5 heteroatoms. The average Bonchev–Trinajstić information content (AvgIpc) is 2.28. The molecule has 0 fully saturated rings. The zero-order valence-electron chi connectivity index (χ0n) is 8.81. The van der Waals surface area contributed by atoms with Gasteiger partial charge in [-0.1, -0.05) is 17.7 Å². The summed E-state index contributed by atoms with van der Waals surface area (Å²) in [6, 6.07) is 5.12. The summed E-state index contributed by atoms with van der Waals surface area (Å²) in [7, 11) is 0. The third-order valence-electron chi connectivity index (χ3n) is 2.01. The lowest BCUT2D eigenvalue weighted by Crippen LogP contribution is -2.40. The number of hydrogen-bond acceptors (Lipinski definition) is 2. The van der Waals surface area contributed by atoms with Crippen molar-refractivity contribution in [3.05, 3.63) is 34.9 Å². The first-order chi connectivity index (χ1) is 8.04. The van der Waals surface area contributed by atoms with Crippen molar-refractivity contribution in [1.29, 1.82) is 0 Å². The van der Waals surface area contributed by atoms with Gasteiger partial charge in [0.2, 0.25) is 0 Å². The van der Waals surface area contributed by atoms with Crippen molar-refractivity contribution in [2.45, 2.75) is 12.5 Å². The fourth-order valence-electron chi connectivity index (χ4n) is 1.19. The molecule has 1 atom stereocenters. The predicted molar refractivity (Wildman–Crippen MR) is 63.8 cm³/mol. The van der Waals surface area contributed by atoms with E-state index in [-0.39, 0.29) is 6.42 Å². The predicted octanol–water partition coefficient (Wildman–Crippen LogP) is 1.55. The number of carbonyl (C=O) groups is 2. The van der Waals surface area contributed by atoms with Crippen molar-refractivity contribution < 1.29 is 14.7 Å². The highest BCUT2D eigenvalue weighted by atomic mass is 35.5. The van der Waals surface area contributed by atoms with Crippen LogP contribution in [0, 0.1) is 12.3 Å². The van der Waals surface area contributed by atoms with Gasteiger partial charge >= 0.3 is 5.97 Å². The number of carbonyl (C=O) groups excluding carboxylic acids is 1. The second-order valence-corrected chi connectivity index (χ2v) is 3.72. The first-order valence-corrected chi connectivity index (χ1v) is 5.15. The summed E-state index contributed by atoms with van der Waals surface area (Å²) in [5, 5.41) is 11.5. The Morgan fingerprint density at radius 1 is 1.53 bits per heavy atom. The van der Waals surface area contributed by atoms with Crippen LogP contribution in [-0.4, -0.2) is 23.0 Å². The number of carboxylic acid groups (broad SMARTS) is 1. The lowest BCUT2D eigenvalue weighted by molar-refractivity contribution is -0.139. The van der Waals surface area contributed by atoms with Gasteiger partial charge in [-0.2, -0.15) is 0 Å². The molecule has 0 aliphatic carbocycles. The monoisotopic (exact) mass is 251 g/mol. The molecule has 0 saturated heterocycles. The standard InChI is InChI=1S/C12H10ClNO3/c1-2-4-10(12(16)17)14-11(15)8-5-3-6-9(13)7-8/h1,3,5-7,10H,4H2,(H,14,15)(H,16,17). The second kappa shape index (κ2) is 5.92. The highest BCUT2D eigenvalue weighted by Crippen LogP contribution is 2.10. The van der Waals surface area contributed by atoms with Crippen LogP contribution in [0.4, 0.5) is 0 Å². The molecule has 17 heavy (non-hydrogen) atoms. The fraction of sp³-hybridized carbons (Fsp3) is 0.167. The normalized spacial score (nSPS) is 11.3. The Kier molecular flexibility index (Phi) is 4.56. The Hall–Kier alpha value is -1.99. The van der Waals surface area contributed by atoms with Crippen LogP contribution < -0.4 is 5.32 Å². The number of carboxylic acids is 1. The van der Waals surface area contributed by atoms with Gasteiger partial charge in [0.15, 0.2) is 0 Å². The summed E-state index contributed by atoms with van der Waals surface area (Å²) in [5.74, 6) is 0.509. The minimum absolute atomic E-state index is 0.0678. The summed E-state index contributed by atoms with van der Waals surface area (Å²) < 4.78 is 0. The number of amides is 1. The molecule has 1 rings (SSSR count). The van der Waals surface area contributed by atoms with Gasteiger partial charge in [0.1, 0.15) is 6.04 Å². The highest BCUT2D eigenvalue weighted by Gasteiger charge is 2.19. The third kappa shape index (κ3) is 3.82. The topological polar surface area (TPSA) is 66.4 Å². The van der Waals surface area contributed by atoms with E-state index in [4.69, 9.17) is 23.1 Å². The summed E-state index contributed by atoms with van der Waals surface area (Å²) in [6.07, 6.45) is 4.95. The van der Waals surface area contributed by atoms with E-state index in [1.165, 1.54) is 12.1 Å². The molecule has 0 bridgehead atoms. The zero-order chi connectivity index (χ0) is 12.8. The van der Waals surface area contributed by atoms with Gasteiger partial charge in [0.05, 0.1) is 0 Å². The lowest BCUT2D eigenvalue weighted by atomic mass is 10.1. The molecule has 2 N–H and O–H groups in total. The molecule has 4 nitrogen and oxygen atoms in total. The van der Waals surface area contributed by atoms with Gasteiger partial charge in [-0.15, -0.1) is 12.3 Å². The van der Waals surface area contributed by atoms with Crippen molar-refractivity contribution in [2.75, 3.05) is 0 Å². The number of terminal acetylenes is 1. The molecule has 0 aliphatic rings. The first-order valence-electron chi connectivity index (χ1n) is 4.77. The molecule has 0 saturated carbocycles. The van der Waals surface area contributed by atoms with E-state index in [0.717, 1.165) is 0 Å². The minimum Gasteiger partial charge on any atom is -0.480 e. The molecular formula is C12H10ClNO3. The quantitative estimate of drug-likeness (QED) is 0.798. The number of aliphatic carboxylic acids is 1. The maximum atomic E-state index is 11.7. The number of benzene rings is 1. The summed E-state index contributed by atoms with van der Waals surface area (Å²) >= 11 is 5.72. The van der Waals surface area contributed by atoms with Crippen LogP contribution in [0.2, 0.25) is 5.02 Å². The van der Waals surface area contributed by atoms with Crippen LogP contribution in [0.5, 0.6) is 0 Å². The minimum atomic E-state index is -1.17. The van der Waals surface area contributed by atoms with Gasteiger partial charge in [0.25, 0.3) is 5.91 Å². The van der Waals surface area contributed by atoms with Crippen LogP contribution in [0.25, 0.3) is 0 Å². The van der Waals surface area contributed by atoms with Crippen molar-refractivity contribution in [1.82, 2.24) is 5.32 Å². The Morgan fingerprint density at radius 3 is 2.76 bits per heavy atom. The number of nitrogens with one attached hydrogen (secondary N) is 1. The Bertz CT molecular complexity index is 479. The van der Waals surface area contributed by atoms with E-state index in [9.17, 15) is 9.59 Å². The lowest BCUT2D eigenvalue weighted by Gasteiger charge is -2.11. The van der Waals surface area contributed by atoms with Gasteiger partial charge in [-0.05, 0) is 18.2 Å². The van der Waals surface area contributed by atoms with E-state index in [1.807, 2.05) is 0 Å². The van der Waals surface area contributed by atoms with E-state index in [0.29, 0.717) is 10.6 Å². The summed E-state index contributed by atoms with van der Waals surface area (Å²) in [5.41, 5.74) is 0.292. The molecule has 0 heterocycles. The Balaban J connectivity index is 2.78. The van der Waals surface area contributed by atoms with Gasteiger partial charge in [0, 0.05) is 17.0 Å². The van der Waals surface area contributed by atoms with Crippen LogP contribution in [-0.2, 0) is 4.79 Å². The molecule has 0 spiro atoms. The summed E-state index contributed by atoms with van der Waals surface area (Å²) in [4.78, 5) is 22.5. The van der Waals surface area contributed by atoms with Crippen molar-refractivity contribution in [3.8, 4) is 12.3 Å². The number of halogens is 1. The van der Waals surface area contributed by atoms with Crippen LogP contribution in [0.3, 0.4) is 0 Å². The number of hydrogen-bond donors (Lipinski definition) is 2. The maximum Gasteiger partial charge on any atom is 0.327 e. The van der Waals surface area contributed by atoms with Crippen molar-refractivity contribution in [3.63, 3.8) is 0 Å². The largest absolute Gasteiger partial charge is 0.480 e. The highest BCUT2D eigenvalue weighted by molar-refractivity contribution is 6.30. The molecule has 1 aromatic carbocycles. The summed E-state index contributed by atoms with van der Waals surface area (Å²) in [6.45, 7) is 0. The van der Waals surface area contributed by atoms with Gasteiger partial charge in [-0.25, -0.2) is 4.79 Å². The Labute approximate surface area is 104 Å². The Morgan fingerprint density at radius 2 is 2.24 bits per heavy atom. The fourth-order valence-corrected chi connectivity index (χ4v) is 1.38. The molecule has 0 radical (unpaired) electrons. The van der Waals surface area contributed by atoms with Gasteiger partial charge < -0.3 is 10.4 Å². The molecule has 1 aromatic rings. The average molecular weight is 252 g/mol. The maximum absolute atomic E-state index is 11.7. The SMILES string of the molecule is C#CCC(NC(=O)c1cccc(Cl)c1)C(=O)O. The van der Waals surface area contributed by atoms with E-state index < -0.39 is 17.9 Å². The van der Waals surface area contributed by atoms with Crippen LogP contribution in [0.1, 0.15) is 16.8 Å². The van der Waals surface area contributed by atoms with E-state index in [1.54, 1.807) is 12.1 Å². The van der Waals surface area contributed by atoms with Gasteiger partial charge in [-0.3, -0.25) is 4.79 Å². The molecule has 88 valence electrons. The van der Waals surface area contributed by atoms with Crippen molar-refractivity contribution in [2.24, 2.45) is 0 Å². The second-order valence-electron chi connectivity index (χ2n) is 3.28. The molecule has 0 aromatic heterocycles. The van der Waals surface area contributed by atoms with Crippen molar-refractivity contribution >= 4 is 23.5 Å². The zero-order valence-corrected chi connectivity index (χ0v) is 9.57. The third-order valence-corrected chi connectivity index (χ3v) is 2.25. The number of rotatable bonds is 4. The van der Waals surface area contributed by atoms with Crippen LogP contribution in [0.15, 0.2) is 24.3 Å². The molecule has 0 aliphatic heterocycles. The first kappa shape index (κ1) is 13.1. The molecule has 1 amide bonds. The molecular weight excluding hydrogens is 242 g/mol. The van der Waals surface area contributed by atoms with E-state index >= 15 is 0 Å².